The van der Waals surface area contributed by atoms with E-state index in [9.17, 15) is 49.2 Å². The molecule has 1 rings (SSSR count). The molecule has 240 valence electrons. The van der Waals surface area contributed by atoms with Crippen LogP contribution in [0.1, 0.15) is 74.1 Å². The van der Waals surface area contributed by atoms with Gasteiger partial charge in [-0.3, -0.25) is 9.59 Å². The number of Topliss-reactive ketones (excluding diaryl/α,β-unsaturated/α-hetero) is 2. The zero-order chi connectivity index (χ0) is 32.6. The fourth-order valence-corrected chi connectivity index (χ4v) is 2.26. The second-order valence-electron chi connectivity index (χ2n) is 8.40. The summed E-state index contributed by atoms with van der Waals surface area (Å²) in [5.74, 6) is -9.54. The van der Waals surface area contributed by atoms with Crippen LogP contribution in [0.5, 0.6) is 0 Å². The van der Waals surface area contributed by atoms with Gasteiger partial charge in [0.25, 0.3) is 0 Å². The molecule has 15 nitrogen and oxygen atoms in total. The quantitative estimate of drug-likeness (QED) is 0.0619. The van der Waals surface area contributed by atoms with Crippen molar-refractivity contribution in [1.82, 2.24) is 0 Å². The Morgan fingerprint density at radius 3 is 1.64 bits per heavy atom. The molecular formula is C24H43BNa3O15P. The van der Waals surface area contributed by atoms with Crippen molar-refractivity contribution in [2.45, 2.75) is 110 Å². The standard InChI is InChI=1S/2C7H12O5.C4H8O2.C3H4O3.C2H6BP.CH4.3Na/c1-4-2-5(8)3-7(11,12-4)6(9)10;1-4(8)2-5(9)3-6(10)7(11)12;1-4(6)2-3-5;1-2(4)3(5)6;1-2-4-3;;;;/h4-5,8,11H,2-3H2,1H3,(H,9,10);4-5,8-9H,2-3H2,1H3,(H,11,12);3-4,6H,2H2,1H3;1H3,(H,5,6);4H,2H2,1H3;1H4;;;/q;;;;;;3*+1/p-3/t4-,5+,7?;4-,5+;4-;;;;;;/m000....../s1. The maximum Gasteiger partial charge on any atom is 1.00 e. The summed E-state index contributed by atoms with van der Waals surface area (Å²) in [6.07, 6.45) is -2.12. The molecule has 5 N–H and O–H groups in total. The molecule has 7 atom stereocenters. The fourth-order valence-electron chi connectivity index (χ4n) is 2.26. The van der Waals surface area contributed by atoms with Gasteiger partial charge in [-0.05, 0) is 39.8 Å². The molecular weight excluding hydrogens is 639 g/mol. The molecule has 0 bridgehead atoms. The van der Waals surface area contributed by atoms with Gasteiger partial charge < -0.3 is 64.8 Å². The van der Waals surface area contributed by atoms with E-state index in [4.69, 9.17) is 32.7 Å². The van der Waals surface area contributed by atoms with Gasteiger partial charge in [0, 0.05) is 26.2 Å². The first-order valence-corrected chi connectivity index (χ1v) is 13.2. The fraction of sp³-hybridized carbons (Fsp3) is 0.750. The van der Waals surface area contributed by atoms with E-state index in [2.05, 4.69) is 6.92 Å². The average molecular weight is 682 g/mol. The van der Waals surface area contributed by atoms with Gasteiger partial charge in [0.1, 0.15) is 31.8 Å². The zero-order valence-corrected chi connectivity index (χ0v) is 33.1. The number of aliphatic hydroxyl groups excluding tert-OH is 4. The molecule has 44 heavy (non-hydrogen) atoms. The SMILES string of the molecule is C.CC(=O)C(=O)[O-].C[C@H](O)CC=O.C[C@H](O)C[C@@H](O)CC(=O)C(=O)[O-].C[C@H]1C[C@@H](O)CC(O)(C(=O)[O-])O1.[B]PCC.[Na+].[Na+].[Na+]. The molecule has 0 amide bonds. The molecule has 1 aliphatic rings. The van der Waals surface area contributed by atoms with E-state index in [1.807, 2.05) is 0 Å². The van der Waals surface area contributed by atoms with Gasteiger partial charge in [-0.2, -0.15) is 8.46 Å². The molecule has 1 aliphatic heterocycles. The van der Waals surface area contributed by atoms with Crippen molar-refractivity contribution in [1.29, 1.82) is 0 Å². The summed E-state index contributed by atoms with van der Waals surface area (Å²) < 4.78 is 4.74. The van der Waals surface area contributed by atoms with Crippen molar-refractivity contribution in [2.75, 3.05) is 6.16 Å². The Bertz CT molecular complexity index is 753. The van der Waals surface area contributed by atoms with Crippen LogP contribution in [0.4, 0.5) is 0 Å². The van der Waals surface area contributed by atoms with Crippen LogP contribution < -0.4 is 104 Å². The van der Waals surface area contributed by atoms with Gasteiger partial charge in [0.2, 0.25) is 5.79 Å². The van der Waals surface area contributed by atoms with Crippen LogP contribution in [-0.4, -0.2) is 111 Å². The Labute approximate surface area is 328 Å². The second-order valence-corrected chi connectivity index (χ2v) is 9.52. The van der Waals surface area contributed by atoms with Crippen LogP contribution in [0, 0.1) is 0 Å². The number of ketones is 2. The Hall–Kier alpha value is 0.675. The summed E-state index contributed by atoms with van der Waals surface area (Å²) in [6, 6.07) is 0. The monoisotopic (exact) mass is 682 g/mol. The normalized spacial score (nSPS) is 19.6. The number of carboxylic acid groups (broad SMARTS) is 3. The van der Waals surface area contributed by atoms with Crippen molar-refractivity contribution < 1.29 is 163 Å². The summed E-state index contributed by atoms with van der Waals surface area (Å²) in [7, 11) is 5.70. The van der Waals surface area contributed by atoms with E-state index in [1.54, 1.807) is 13.8 Å². The summed E-state index contributed by atoms with van der Waals surface area (Å²) in [6.45, 7) is 7.60. The molecule has 2 radical (unpaired) electrons. The molecule has 2 unspecified atom stereocenters. The van der Waals surface area contributed by atoms with Crippen LogP contribution in [0.3, 0.4) is 0 Å². The third-order valence-corrected chi connectivity index (χ3v) is 4.43. The van der Waals surface area contributed by atoms with Crippen molar-refractivity contribution in [3.63, 3.8) is 0 Å². The Balaban J connectivity index is -0.0000000634. The van der Waals surface area contributed by atoms with E-state index in [1.165, 1.54) is 6.92 Å². The number of ether oxygens (including phenoxy) is 1. The zero-order valence-electron chi connectivity index (χ0n) is 26.1. The number of hydrogen-bond donors (Lipinski definition) is 5. The Kier molecular flexibility index (Phi) is 54.9. The topological polar surface area (TPSA) is 282 Å². The van der Waals surface area contributed by atoms with E-state index in [-0.39, 0.29) is 115 Å². The minimum atomic E-state index is -2.32. The third kappa shape index (κ3) is 44.8. The molecule has 0 aromatic heterocycles. The molecule has 0 saturated carbocycles. The predicted molar refractivity (Wildman–Crippen MR) is 142 cm³/mol. The van der Waals surface area contributed by atoms with Gasteiger partial charge >= 0.3 is 88.7 Å². The van der Waals surface area contributed by atoms with E-state index >= 15 is 0 Å². The molecule has 0 spiro atoms. The molecule has 1 fully saturated rings. The van der Waals surface area contributed by atoms with Gasteiger partial charge in [-0.15, -0.1) is 0 Å². The minimum Gasteiger partial charge on any atom is -0.544 e. The minimum absolute atomic E-state index is 0. The van der Waals surface area contributed by atoms with Crippen LogP contribution in [0.25, 0.3) is 0 Å². The number of aliphatic carboxylic acids is 3. The third-order valence-electron chi connectivity index (χ3n) is 4.02. The van der Waals surface area contributed by atoms with Crippen molar-refractivity contribution in [3.8, 4) is 0 Å². The van der Waals surface area contributed by atoms with Gasteiger partial charge in [-0.1, -0.05) is 14.4 Å². The first-order chi connectivity index (χ1) is 18.2. The first-order valence-electron chi connectivity index (χ1n) is 11.9. The number of carboxylic acids is 3. The van der Waals surface area contributed by atoms with Crippen LogP contribution >= 0.6 is 8.46 Å². The molecule has 20 heteroatoms. The average Bonchev–Trinajstić information content (AvgIpc) is 2.78. The summed E-state index contributed by atoms with van der Waals surface area (Å²) in [5.41, 5.74) is 0. The number of aldehydes is 1. The van der Waals surface area contributed by atoms with Crippen molar-refractivity contribution >= 4 is 51.8 Å². The summed E-state index contributed by atoms with van der Waals surface area (Å²) >= 11 is 0. The maximum atomic E-state index is 10.4. The first kappa shape index (κ1) is 63.4. The van der Waals surface area contributed by atoms with Crippen molar-refractivity contribution in [2.24, 2.45) is 0 Å². The smallest absolute Gasteiger partial charge is 0.544 e. The summed E-state index contributed by atoms with van der Waals surface area (Å²) in [4.78, 5) is 58.9. The number of rotatable bonds is 10. The number of aliphatic hydroxyl groups is 5. The van der Waals surface area contributed by atoms with E-state index in [0.29, 0.717) is 21.2 Å². The van der Waals surface area contributed by atoms with Crippen LogP contribution in [0.2, 0.25) is 0 Å². The van der Waals surface area contributed by atoms with Gasteiger partial charge in [0.05, 0.1) is 30.5 Å². The van der Waals surface area contributed by atoms with E-state index in [0.717, 1.165) is 13.1 Å². The van der Waals surface area contributed by atoms with Gasteiger partial charge in [0.15, 0.2) is 11.6 Å². The van der Waals surface area contributed by atoms with Crippen LogP contribution in [-0.2, 0) is 33.5 Å². The summed E-state index contributed by atoms with van der Waals surface area (Å²) in [5, 5.41) is 73.9. The largest absolute Gasteiger partial charge is 1.00 e. The maximum absolute atomic E-state index is 10.4. The van der Waals surface area contributed by atoms with Gasteiger partial charge in [-0.25, -0.2) is 0 Å². The number of hydrogen-bond acceptors (Lipinski definition) is 15. The molecule has 1 saturated heterocycles. The Morgan fingerprint density at radius 2 is 1.43 bits per heavy atom. The number of carbonyl (C=O) groups is 6. The van der Waals surface area contributed by atoms with Crippen LogP contribution in [0.15, 0.2) is 0 Å². The molecule has 0 aliphatic carbocycles. The molecule has 1 heterocycles. The second kappa shape index (κ2) is 38.1. The predicted octanol–water partition coefficient (Wildman–Crippen LogP) is -13.5. The van der Waals surface area contributed by atoms with E-state index < -0.39 is 72.2 Å². The Morgan fingerprint density at radius 1 is 1.02 bits per heavy atom. The molecule has 0 aromatic carbocycles. The molecule has 0 aromatic rings. The van der Waals surface area contributed by atoms with Crippen molar-refractivity contribution in [3.05, 3.63) is 0 Å². The number of carbonyl (C=O) groups excluding carboxylic acids is 6.